The number of methoxy groups -OCH3 is 2. The Bertz CT molecular complexity index is 1260. The van der Waals surface area contributed by atoms with Crippen molar-refractivity contribution in [2.24, 2.45) is 0 Å². The smallest absolute Gasteiger partial charge is 0.349 e. The van der Waals surface area contributed by atoms with Gasteiger partial charge in [0.25, 0.3) is 5.91 Å². The van der Waals surface area contributed by atoms with Gasteiger partial charge in [-0.05, 0) is 30.3 Å². The van der Waals surface area contributed by atoms with Crippen LogP contribution in [0.3, 0.4) is 0 Å². The first-order chi connectivity index (χ1) is 14.1. The van der Waals surface area contributed by atoms with E-state index in [1.807, 2.05) is 0 Å². The molecule has 0 spiro atoms. The van der Waals surface area contributed by atoms with Crippen molar-refractivity contribution in [3.05, 3.63) is 69.9 Å². The van der Waals surface area contributed by atoms with Gasteiger partial charge in [0.05, 0.1) is 19.9 Å². The second kappa shape index (κ2) is 7.76. The predicted octanol–water partition coefficient (Wildman–Crippen LogP) is 4.19. The highest BCUT2D eigenvalue weighted by Gasteiger charge is 2.17. The minimum Gasteiger partial charge on any atom is -0.497 e. The molecule has 2 aromatic carbocycles. The molecule has 146 valence electrons. The molecule has 0 fully saturated rings. The number of carbonyl (C=O) groups excluding carboxylic acids is 1. The number of hydrogen-bond acceptors (Lipinski definition) is 7. The molecule has 8 heteroatoms. The van der Waals surface area contributed by atoms with Gasteiger partial charge >= 0.3 is 5.63 Å². The molecule has 1 amide bonds. The summed E-state index contributed by atoms with van der Waals surface area (Å²) in [6.07, 6.45) is 0. The quantitative estimate of drug-likeness (QED) is 0.498. The molecule has 0 aliphatic heterocycles. The van der Waals surface area contributed by atoms with Crippen LogP contribution in [-0.4, -0.2) is 25.1 Å². The normalized spacial score (nSPS) is 10.7. The van der Waals surface area contributed by atoms with Crippen LogP contribution >= 0.6 is 11.3 Å². The van der Waals surface area contributed by atoms with Crippen LogP contribution in [0, 0.1) is 0 Å². The zero-order chi connectivity index (χ0) is 20.4. The van der Waals surface area contributed by atoms with Crippen molar-refractivity contribution in [3.63, 3.8) is 0 Å². The molecule has 0 bridgehead atoms. The zero-order valence-electron chi connectivity index (χ0n) is 15.6. The van der Waals surface area contributed by atoms with E-state index < -0.39 is 11.5 Å². The Hall–Kier alpha value is -3.65. The van der Waals surface area contributed by atoms with Gasteiger partial charge in [0.2, 0.25) is 0 Å². The molecule has 0 aliphatic rings. The molecule has 2 aromatic heterocycles. The molecular weight excluding hydrogens is 392 g/mol. The van der Waals surface area contributed by atoms with E-state index in [0.29, 0.717) is 33.3 Å². The van der Waals surface area contributed by atoms with Gasteiger partial charge < -0.3 is 13.9 Å². The predicted molar refractivity (Wildman–Crippen MR) is 111 cm³/mol. The Morgan fingerprint density at radius 3 is 2.72 bits per heavy atom. The van der Waals surface area contributed by atoms with Crippen molar-refractivity contribution in [2.75, 3.05) is 19.5 Å². The van der Waals surface area contributed by atoms with Crippen molar-refractivity contribution >= 4 is 33.3 Å². The van der Waals surface area contributed by atoms with Gasteiger partial charge in [0.15, 0.2) is 5.13 Å². The summed E-state index contributed by atoms with van der Waals surface area (Å²) < 4.78 is 15.9. The number of benzene rings is 2. The molecule has 0 saturated heterocycles. The Morgan fingerprint density at radius 2 is 1.93 bits per heavy atom. The summed E-state index contributed by atoms with van der Waals surface area (Å²) in [5, 5.41) is 5.46. The van der Waals surface area contributed by atoms with Crippen LogP contribution in [0.4, 0.5) is 5.13 Å². The first-order valence-electron chi connectivity index (χ1n) is 8.61. The molecule has 29 heavy (non-hydrogen) atoms. The van der Waals surface area contributed by atoms with Crippen molar-refractivity contribution in [3.8, 4) is 22.8 Å². The van der Waals surface area contributed by atoms with Crippen molar-refractivity contribution in [2.45, 2.75) is 0 Å². The molecule has 0 saturated carbocycles. The summed E-state index contributed by atoms with van der Waals surface area (Å²) in [6, 6.07) is 13.9. The Morgan fingerprint density at radius 1 is 1.10 bits per heavy atom. The summed E-state index contributed by atoms with van der Waals surface area (Å²) in [5.41, 5.74) is 0.989. The third-order valence-electron chi connectivity index (χ3n) is 4.29. The van der Waals surface area contributed by atoms with Crippen LogP contribution in [0.25, 0.3) is 22.2 Å². The van der Waals surface area contributed by atoms with E-state index in [0.717, 1.165) is 5.56 Å². The molecular formula is C21H16N2O5S. The summed E-state index contributed by atoms with van der Waals surface area (Å²) in [6.45, 7) is 0. The molecule has 0 unspecified atom stereocenters. The monoisotopic (exact) mass is 408 g/mol. The van der Waals surface area contributed by atoms with Gasteiger partial charge in [0.1, 0.15) is 22.6 Å². The maximum Gasteiger partial charge on any atom is 0.349 e. The van der Waals surface area contributed by atoms with E-state index in [-0.39, 0.29) is 5.56 Å². The number of hydrogen-bond donors (Lipinski definition) is 1. The maximum atomic E-state index is 12.6. The molecule has 7 nitrogen and oxygen atoms in total. The lowest BCUT2D eigenvalue weighted by Gasteiger charge is -2.08. The molecule has 0 aliphatic carbocycles. The number of rotatable bonds is 5. The minimum absolute atomic E-state index is 0.0839. The van der Waals surface area contributed by atoms with E-state index in [2.05, 4.69) is 10.3 Å². The number of nitrogens with zero attached hydrogens (tertiary/aromatic N) is 1. The highest BCUT2D eigenvalue weighted by atomic mass is 32.1. The summed E-state index contributed by atoms with van der Waals surface area (Å²) in [4.78, 5) is 29.2. The number of carbonyl (C=O) groups is 1. The molecule has 1 N–H and O–H groups in total. The number of aromatic nitrogens is 1. The van der Waals surface area contributed by atoms with Gasteiger partial charge in [-0.2, -0.15) is 0 Å². The number of thiazole rings is 1. The molecule has 4 aromatic rings. The standard InChI is InChI=1S/C21H16N2O5S/c1-26-13-7-8-18(27-2)14(10-13)16-11-29-21(22-16)23-19(24)15-9-12-5-3-4-6-17(12)28-20(15)25/h3-11H,1-2H3,(H,22,23,24). The van der Waals surface area contributed by atoms with Crippen LogP contribution < -0.4 is 20.4 Å². The zero-order valence-corrected chi connectivity index (χ0v) is 16.4. The second-order valence-corrected chi connectivity index (χ2v) is 6.90. The molecule has 0 radical (unpaired) electrons. The summed E-state index contributed by atoms with van der Waals surface area (Å²) in [5.74, 6) is 0.709. The van der Waals surface area contributed by atoms with Gasteiger partial charge in [-0.1, -0.05) is 18.2 Å². The first kappa shape index (κ1) is 18.7. The third kappa shape index (κ3) is 3.70. The number of amides is 1. The van der Waals surface area contributed by atoms with Crippen LogP contribution in [0.15, 0.2) is 63.1 Å². The SMILES string of the molecule is COc1ccc(OC)c(-c2csc(NC(=O)c3cc4ccccc4oc3=O)n2)c1. The highest BCUT2D eigenvalue weighted by molar-refractivity contribution is 7.14. The fraction of sp³-hybridized carbons (Fsp3) is 0.0952. The summed E-state index contributed by atoms with van der Waals surface area (Å²) >= 11 is 1.24. The van der Waals surface area contributed by atoms with Gasteiger partial charge in [-0.3, -0.25) is 10.1 Å². The lowest BCUT2D eigenvalue weighted by Crippen LogP contribution is -2.20. The van der Waals surface area contributed by atoms with Crippen LogP contribution in [0.5, 0.6) is 11.5 Å². The van der Waals surface area contributed by atoms with Crippen LogP contribution in [0.2, 0.25) is 0 Å². The number of fused-ring (bicyclic) bond motifs is 1. The Balaban J connectivity index is 1.62. The Labute approximate surface area is 169 Å². The van der Waals surface area contributed by atoms with Crippen LogP contribution in [-0.2, 0) is 0 Å². The van der Waals surface area contributed by atoms with Crippen LogP contribution in [0.1, 0.15) is 10.4 Å². The average Bonchev–Trinajstić information content (AvgIpc) is 3.20. The van der Waals surface area contributed by atoms with Gasteiger partial charge in [0, 0.05) is 16.3 Å². The maximum absolute atomic E-state index is 12.6. The molecule has 0 atom stereocenters. The van der Waals surface area contributed by atoms with Gasteiger partial charge in [-0.15, -0.1) is 11.3 Å². The number of anilines is 1. The lowest BCUT2D eigenvalue weighted by molar-refractivity contribution is 0.102. The molecule has 2 heterocycles. The number of para-hydroxylation sites is 1. The number of nitrogens with one attached hydrogen (secondary N) is 1. The summed E-state index contributed by atoms with van der Waals surface area (Å²) in [7, 11) is 3.15. The van der Waals surface area contributed by atoms with Crippen molar-refractivity contribution < 1.29 is 18.7 Å². The van der Waals surface area contributed by atoms with E-state index in [9.17, 15) is 9.59 Å². The first-order valence-corrected chi connectivity index (χ1v) is 9.49. The minimum atomic E-state index is -0.701. The second-order valence-electron chi connectivity index (χ2n) is 6.04. The highest BCUT2D eigenvalue weighted by Crippen LogP contribution is 2.35. The average molecular weight is 408 g/mol. The van der Waals surface area contributed by atoms with E-state index in [1.165, 1.54) is 17.4 Å². The van der Waals surface area contributed by atoms with E-state index in [4.69, 9.17) is 13.9 Å². The Kier molecular flexibility index (Phi) is 5.01. The van der Waals surface area contributed by atoms with Crippen molar-refractivity contribution in [1.29, 1.82) is 0 Å². The largest absolute Gasteiger partial charge is 0.497 e. The lowest BCUT2D eigenvalue weighted by atomic mass is 10.1. The van der Waals surface area contributed by atoms with E-state index in [1.54, 1.807) is 62.1 Å². The number of ether oxygens (including phenoxy) is 2. The van der Waals surface area contributed by atoms with Gasteiger partial charge in [-0.25, -0.2) is 9.78 Å². The third-order valence-corrected chi connectivity index (χ3v) is 5.05. The fourth-order valence-electron chi connectivity index (χ4n) is 2.85. The molecule has 4 rings (SSSR count). The topological polar surface area (TPSA) is 90.7 Å². The van der Waals surface area contributed by atoms with E-state index >= 15 is 0 Å². The fourth-order valence-corrected chi connectivity index (χ4v) is 3.56. The van der Waals surface area contributed by atoms with Crippen molar-refractivity contribution in [1.82, 2.24) is 4.98 Å².